The molecule has 2 amide bonds. The van der Waals surface area contributed by atoms with Gasteiger partial charge >= 0.3 is 0 Å². The number of anilines is 1. The van der Waals surface area contributed by atoms with Crippen LogP contribution in [0.25, 0.3) is 0 Å². The fraction of sp³-hybridized carbons (Fsp3) is 0.130. The molecule has 2 heterocycles. The maximum absolute atomic E-state index is 13.4. The molecule has 3 atom stereocenters. The van der Waals surface area contributed by atoms with E-state index in [0.717, 1.165) is 11.1 Å². The van der Waals surface area contributed by atoms with Gasteiger partial charge in [-0.05, 0) is 53.6 Å². The van der Waals surface area contributed by atoms with E-state index in [1.165, 1.54) is 4.90 Å². The van der Waals surface area contributed by atoms with Crippen molar-refractivity contribution in [3.63, 3.8) is 0 Å². The molecule has 1 aliphatic carbocycles. The molecule has 0 bridgehead atoms. The summed E-state index contributed by atoms with van der Waals surface area (Å²) >= 11 is 12.2. The lowest BCUT2D eigenvalue weighted by Crippen LogP contribution is -2.39. The van der Waals surface area contributed by atoms with Gasteiger partial charge in [-0.1, -0.05) is 35.3 Å². The van der Waals surface area contributed by atoms with Crippen molar-refractivity contribution < 1.29 is 9.59 Å². The van der Waals surface area contributed by atoms with Gasteiger partial charge in [0.1, 0.15) is 0 Å². The molecule has 1 saturated heterocycles. The Morgan fingerprint density at radius 1 is 0.867 bits per heavy atom. The Morgan fingerprint density at radius 2 is 1.40 bits per heavy atom. The molecule has 0 radical (unpaired) electrons. The number of hydrogen-bond donors (Lipinski definition) is 0. The predicted molar refractivity (Wildman–Crippen MR) is 112 cm³/mol. The summed E-state index contributed by atoms with van der Waals surface area (Å²) in [5, 5.41) is 9.83. The van der Waals surface area contributed by atoms with Gasteiger partial charge in [-0.15, -0.1) is 0 Å². The lowest BCUT2D eigenvalue weighted by atomic mass is 9.83. The molecule has 146 valence electrons. The van der Waals surface area contributed by atoms with Crippen LogP contribution < -0.4 is 4.90 Å². The third-order valence-electron chi connectivity index (χ3n) is 5.93. The van der Waals surface area contributed by atoms with Crippen LogP contribution in [0.3, 0.4) is 0 Å². The number of nitriles is 1. The fourth-order valence-corrected chi connectivity index (χ4v) is 5.22. The van der Waals surface area contributed by atoms with Gasteiger partial charge in [0.05, 0.1) is 29.2 Å². The molecule has 5 nitrogen and oxygen atoms in total. The summed E-state index contributed by atoms with van der Waals surface area (Å²) in [4.78, 5) is 32.1. The molecule has 1 aliphatic heterocycles. The van der Waals surface area contributed by atoms with E-state index >= 15 is 0 Å². The summed E-state index contributed by atoms with van der Waals surface area (Å²) in [5.74, 6) is -1.66. The minimum Gasteiger partial charge on any atom is -0.274 e. The van der Waals surface area contributed by atoms with Crippen molar-refractivity contribution >= 4 is 40.7 Å². The number of aromatic nitrogens is 1. The van der Waals surface area contributed by atoms with Crippen molar-refractivity contribution in [2.24, 2.45) is 11.8 Å². The zero-order valence-corrected chi connectivity index (χ0v) is 16.9. The molecular weight excluding hydrogens is 421 g/mol. The van der Waals surface area contributed by atoms with Gasteiger partial charge in [-0.25, -0.2) is 4.90 Å². The third kappa shape index (κ3) is 2.51. The van der Waals surface area contributed by atoms with E-state index in [1.807, 2.05) is 24.3 Å². The topological polar surface area (TPSA) is 74.1 Å². The van der Waals surface area contributed by atoms with Gasteiger partial charge in [0.2, 0.25) is 11.8 Å². The Kier molecular flexibility index (Phi) is 4.18. The number of pyridine rings is 1. The zero-order valence-electron chi connectivity index (χ0n) is 15.4. The standard InChI is InChI=1S/C23H13Cl2N3O2/c24-16-9-17(25)11-18(10-16)28-21(29)19-20(22(28)30)23(19,15-5-7-27-8-6-15)14-3-1-13(12-26)2-4-14/h1-11,19-20H/t19-,20+,23?. The molecule has 1 saturated carbocycles. The summed E-state index contributed by atoms with van der Waals surface area (Å²) < 4.78 is 0. The summed E-state index contributed by atoms with van der Waals surface area (Å²) in [7, 11) is 0. The number of rotatable bonds is 3. The highest BCUT2D eigenvalue weighted by molar-refractivity contribution is 6.36. The number of amides is 2. The average molecular weight is 434 g/mol. The molecule has 7 heteroatoms. The monoisotopic (exact) mass is 433 g/mol. The van der Waals surface area contributed by atoms with E-state index in [4.69, 9.17) is 28.5 Å². The van der Waals surface area contributed by atoms with Crippen LogP contribution in [0.5, 0.6) is 0 Å². The van der Waals surface area contributed by atoms with Crippen LogP contribution in [-0.2, 0) is 15.0 Å². The van der Waals surface area contributed by atoms with E-state index in [-0.39, 0.29) is 11.8 Å². The first-order valence-corrected chi connectivity index (χ1v) is 9.99. The van der Waals surface area contributed by atoms with Crippen LogP contribution >= 0.6 is 23.2 Å². The van der Waals surface area contributed by atoms with Gasteiger partial charge < -0.3 is 0 Å². The van der Waals surface area contributed by atoms with Crippen LogP contribution in [0.2, 0.25) is 10.0 Å². The minimum absolute atomic E-state index is 0.287. The van der Waals surface area contributed by atoms with Crippen molar-refractivity contribution in [1.29, 1.82) is 5.26 Å². The molecule has 2 fully saturated rings. The zero-order chi connectivity index (χ0) is 21.0. The van der Waals surface area contributed by atoms with Crippen molar-refractivity contribution in [3.05, 3.63) is 93.7 Å². The molecule has 2 aromatic carbocycles. The number of piperidine rings is 1. The fourth-order valence-electron chi connectivity index (χ4n) is 4.71. The molecule has 0 spiro atoms. The van der Waals surface area contributed by atoms with Gasteiger partial charge in [-0.3, -0.25) is 14.6 Å². The Morgan fingerprint density at radius 3 is 1.93 bits per heavy atom. The second-order valence-electron chi connectivity index (χ2n) is 7.39. The summed E-state index contributed by atoms with van der Waals surface area (Å²) in [5.41, 5.74) is 1.79. The maximum atomic E-state index is 13.4. The molecule has 1 unspecified atom stereocenters. The maximum Gasteiger partial charge on any atom is 0.239 e. The molecule has 1 aromatic heterocycles. The normalized spacial score (nSPS) is 24.5. The van der Waals surface area contributed by atoms with Crippen molar-refractivity contribution in [2.75, 3.05) is 4.90 Å². The Balaban J connectivity index is 1.62. The number of carbonyl (C=O) groups excluding carboxylic acids is 2. The second-order valence-corrected chi connectivity index (χ2v) is 8.26. The van der Waals surface area contributed by atoms with E-state index in [9.17, 15) is 9.59 Å². The Bertz CT molecular complexity index is 1190. The number of nitrogens with zero attached hydrogens (tertiary/aromatic N) is 3. The average Bonchev–Trinajstić information content (AvgIpc) is 3.37. The summed E-state index contributed by atoms with van der Waals surface area (Å²) in [6.07, 6.45) is 3.30. The number of benzene rings is 2. The highest BCUT2D eigenvalue weighted by atomic mass is 35.5. The van der Waals surface area contributed by atoms with Crippen LogP contribution in [0, 0.1) is 23.2 Å². The number of hydrogen-bond acceptors (Lipinski definition) is 4. The summed E-state index contributed by atoms with van der Waals surface area (Å²) in [6, 6.07) is 17.5. The number of fused-ring (bicyclic) bond motifs is 1. The molecule has 30 heavy (non-hydrogen) atoms. The van der Waals surface area contributed by atoms with Gasteiger partial charge in [0, 0.05) is 27.9 Å². The smallest absolute Gasteiger partial charge is 0.239 e. The quantitative estimate of drug-likeness (QED) is 0.574. The van der Waals surface area contributed by atoms with E-state index in [1.54, 1.807) is 42.7 Å². The largest absolute Gasteiger partial charge is 0.274 e. The first-order chi connectivity index (χ1) is 14.5. The van der Waals surface area contributed by atoms with E-state index < -0.39 is 17.3 Å². The molecular formula is C23H13Cl2N3O2. The number of imide groups is 1. The predicted octanol–water partition coefficient (Wildman–Crippen LogP) is 4.37. The van der Waals surface area contributed by atoms with Crippen molar-refractivity contribution in [1.82, 2.24) is 4.98 Å². The Labute approximate surface area is 182 Å². The van der Waals surface area contributed by atoms with Crippen LogP contribution in [-0.4, -0.2) is 16.8 Å². The third-order valence-corrected chi connectivity index (χ3v) is 6.37. The van der Waals surface area contributed by atoms with Gasteiger partial charge in [-0.2, -0.15) is 5.26 Å². The second kappa shape index (κ2) is 6.66. The van der Waals surface area contributed by atoms with Crippen LogP contribution in [0.4, 0.5) is 5.69 Å². The lowest BCUT2D eigenvalue weighted by Gasteiger charge is -2.26. The van der Waals surface area contributed by atoms with Gasteiger partial charge in [0.25, 0.3) is 0 Å². The number of halogens is 2. The van der Waals surface area contributed by atoms with Crippen LogP contribution in [0.1, 0.15) is 16.7 Å². The van der Waals surface area contributed by atoms with E-state index in [2.05, 4.69) is 11.1 Å². The molecule has 2 aliphatic rings. The first kappa shape index (κ1) is 18.8. The first-order valence-electron chi connectivity index (χ1n) is 9.23. The van der Waals surface area contributed by atoms with Gasteiger partial charge in [0.15, 0.2) is 0 Å². The Hall–Kier alpha value is -3.20. The molecule has 5 rings (SSSR count). The number of carbonyl (C=O) groups is 2. The highest BCUT2D eigenvalue weighted by Gasteiger charge is 2.78. The lowest BCUT2D eigenvalue weighted by molar-refractivity contribution is -0.124. The van der Waals surface area contributed by atoms with Crippen molar-refractivity contribution in [3.8, 4) is 6.07 Å². The highest BCUT2D eigenvalue weighted by Crippen LogP contribution is 2.68. The molecule has 0 N–H and O–H groups in total. The SMILES string of the molecule is N#Cc1ccc(C2(c3ccncc3)[C@@H]3C(=O)N(c4cc(Cl)cc(Cl)c4)C(=O)[C@@H]32)cc1. The van der Waals surface area contributed by atoms with Crippen LogP contribution in [0.15, 0.2) is 67.0 Å². The minimum atomic E-state index is -0.774. The van der Waals surface area contributed by atoms with Crippen molar-refractivity contribution in [2.45, 2.75) is 5.41 Å². The van der Waals surface area contributed by atoms with E-state index in [0.29, 0.717) is 21.3 Å². The molecule has 3 aromatic rings. The summed E-state index contributed by atoms with van der Waals surface area (Å²) in [6.45, 7) is 0.